The lowest BCUT2D eigenvalue weighted by molar-refractivity contribution is -0.120. The maximum absolute atomic E-state index is 11.5. The summed E-state index contributed by atoms with van der Waals surface area (Å²) in [6.45, 7) is 2.08. The van der Waals surface area contributed by atoms with E-state index in [-0.39, 0.29) is 12.3 Å². The number of aromatic nitrogens is 1. The van der Waals surface area contributed by atoms with Crippen LogP contribution < -0.4 is 10.1 Å². The summed E-state index contributed by atoms with van der Waals surface area (Å²) in [7, 11) is 1.61. The van der Waals surface area contributed by atoms with Gasteiger partial charge in [0.25, 0.3) is 0 Å². The molecule has 0 aliphatic heterocycles. The van der Waals surface area contributed by atoms with E-state index in [4.69, 9.17) is 4.74 Å². The second-order valence-electron chi connectivity index (χ2n) is 5.36. The summed E-state index contributed by atoms with van der Waals surface area (Å²) in [6, 6.07) is 15.8. The number of hydrogen-bond acceptors (Lipinski definition) is 3. The van der Waals surface area contributed by atoms with Crippen LogP contribution in [0.2, 0.25) is 0 Å². The SMILES string of the molecule is CNC(=O)Cc1cc(Oc2ccc(C)c3ccccc23)ccn1. The molecule has 0 saturated heterocycles. The van der Waals surface area contributed by atoms with Crippen molar-refractivity contribution in [2.75, 3.05) is 7.05 Å². The lowest BCUT2D eigenvalue weighted by Gasteiger charge is -2.11. The van der Waals surface area contributed by atoms with E-state index >= 15 is 0 Å². The van der Waals surface area contributed by atoms with Gasteiger partial charge in [0.1, 0.15) is 11.5 Å². The summed E-state index contributed by atoms with van der Waals surface area (Å²) in [6.07, 6.45) is 1.90. The van der Waals surface area contributed by atoms with Crippen LogP contribution in [0.25, 0.3) is 10.8 Å². The number of benzene rings is 2. The van der Waals surface area contributed by atoms with Crippen molar-refractivity contribution < 1.29 is 9.53 Å². The van der Waals surface area contributed by atoms with Crippen LogP contribution in [-0.4, -0.2) is 17.9 Å². The maximum atomic E-state index is 11.5. The van der Waals surface area contributed by atoms with Crippen LogP contribution in [0.5, 0.6) is 11.5 Å². The summed E-state index contributed by atoms with van der Waals surface area (Å²) in [5, 5.41) is 4.83. The summed E-state index contributed by atoms with van der Waals surface area (Å²) >= 11 is 0. The lowest BCUT2D eigenvalue weighted by Crippen LogP contribution is -2.20. The minimum Gasteiger partial charge on any atom is -0.457 e. The zero-order valence-electron chi connectivity index (χ0n) is 13.2. The Hall–Kier alpha value is -2.88. The molecule has 0 aliphatic carbocycles. The molecule has 0 unspecified atom stereocenters. The van der Waals surface area contributed by atoms with Crippen LogP contribution in [0.4, 0.5) is 0 Å². The molecule has 1 amide bonds. The summed E-state index contributed by atoms with van der Waals surface area (Å²) in [5.74, 6) is 1.40. The molecule has 0 radical (unpaired) electrons. The zero-order chi connectivity index (χ0) is 16.2. The highest BCUT2D eigenvalue weighted by Gasteiger charge is 2.08. The van der Waals surface area contributed by atoms with E-state index in [1.165, 1.54) is 10.9 Å². The van der Waals surface area contributed by atoms with E-state index < -0.39 is 0 Å². The van der Waals surface area contributed by atoms with Crippen molar-refractivity contribution in [1.29, 1.82) is 0 Å². The van der Waals surface area contributed by atoms with Crippen LogP contribution in [0.3, 0.4) is 0 Å². The number of carbonyl (C=O) groups excluding carboxylic acids is 1. The monoisotopic (exact) mass is 306 g/mol. The van der Waals surface area contributed by atoms with Gasteiger partial charge in [-0.1, -0.05) is 30.3 Å². The van der Waals surface area contributed by atoms with Crippen molar-refractivity contribution in [1.82, 2.24) is 10.3 Å². The van der Waals surface area contributed by atoms with Crippen molar-refractivity contribution in [3.63, 3.8) is 0 Å². The summed E-state index contributed by atoms with van der Waals surface area (Å²) < 4.78 is 6.03. The standard InChI is InChI=1S/C19H18N2O2/c1-13-7-8-18(17-6-4-3-5-16(13)17)23-15-9-10-21-14(11-15)12-19(22)20-2/h3-11H,12H2,1-2H3,(H,20,22). The Kier molecular flexibility index (Phi) is 4.24. The molecule has 0 spiro atoms. The van der Waals surface area contributed by atoms with Gasteiger partial charge in [0.2, 0.25) is 5.91 Å². The quantitative estimate of drug-likeness (QED) is 0.801. The fourth-order valence-electron chi connectivity index (χ4n) is 2.51. The van der Waals surface area contributed by atoms with Crippen LogP contribution >= 0.6 is 0 Å². The number of nitrogens with zero attached hydrogens (tertiary/aromatic N) is 1. The normalized spacial score (nSPS) is 10.5. The number of hydrogen-bond donors (Lipinski definition) is 1. The van der Waals surface area contributed by atoms with Crippen molar-refractivity contribution in [3.8, 4) is 11.5 Å². The summed E-state index contributed by atoms with van der Waals surface area (Å²) in [5.41, 5.74) is 1.89. The van der Waals surface area contributed by atoms with E-state index in [9.17, 15) is 4.79 Å². The van der Waals surface area contributed by atoms with Gasteiger partial charge in [-0.05, 0) is 30.0 Å². The third-order valence-corrected chi connectivity index (χ3v) is 3.74. The van der Waals surface area contributed by atoms with Crippen molar-refractivity contribution in [2.24, 2.45) is 0 Å². The molecule has 4 heteroatoms. The lowest BCUT2D eigenvalue weighted by atomic mass is 10.0. The Morgan fingerprint density at radius 1 is 1.13 bits per heavy atom. The molecule has 116 valence electrons. The zero-order valence-corrected chi connectivity index (χ0v) is 13.2. The van der Waals surface area contributed by atoms with Gasteiger partial charge in [0.15, 0.2) is 0 Å². The molecule has 0 fully saturated rings. The number of carbonyl (C=O) groups is 1. The first-order valence-corrected chi connectivity index (χ1v) is 7.49. The Labute approximate surface area is 135 Å². The summed E-state index contributed by atoms with van der Waals surface area (Å²) in [4.78, 5) is 15.7. The van der Waals surface area contributed by atoms with Crippen molar-refractivity contribution in [2.45, 2.75) is 13.3 Å². The highest BCUT2D eigenvalue weighted by molar-refractivity contribution is 5.91. The first-order valence-electron chi connectivity index (χ1n) is 7.49. The number of fused-ring (bicyclic) bond motifs is 1. The molecule has 4 nitrogen and oxygen atoms in total. The largest absolute Gasteiger partial charge is 0.457 e. The Morgan fingerprint density at radius 2 is 1.91 bits per heavy atom. The average molecular weight is 306 g/mol. The van der Waals surface area contributed by atoms with Gasteiger partial charge in [-0.15, -0.1) is 0 Å². The van der Waals surface area contributed by atoms with Gasteiger partial charge in [-0.2, -0.15) is 0 Å². The van der Waals surface area contributed by atoms with Crippen LogP contribution in [-0.2, 0) is 11.2 Å². The number of ether oxygens (including phenoxy) is 1. The topological polar surface area (TPSA) is 51.2 Å². The van der Waals surface area contributed by atoms with Gasteiger partial charge in [0.05, 0.1) is 12.1 Å². The van der Waals surface area contributed by atoms with E-state index in [1.807, 2.05) is 30.3 Å². The number of nitrogens with one attached hydrogen (secondary N) is 1. The Balaban J connectivity index is 1.92. The third kappa shape index (κ3) is 3.31. The molecular formula is C19H18N2O2. The molecule has 0 atom stereocenters. The van der Waals surface area contributed by atoms with Crippen LogP contribution in [0.1, 0.15) is 11.3 Å². The minimum atomic E-state index is -0.0737. The van der Waals surface area contributed by atoms with Crippen LogP contribution in [0, 0.1) is 6.92 Å². The molecule has 3 rings (SSSR count). The van der Waals surface area contributed by atoms with Gasteiger partial charge >= 0.3 is 0 Å². The third-order valence-electron chi connectivity index (χ3n) is 3.74. The molecule has 1 aromatic heterocycles. The molecule has 23 heavy (non-hydrogen) atoms. The molecule has 0 aliphatic rings. The second kappa shape index (κ2) is 6.48. The van der Waals surface area contributed by atoms with E-state index in [2.05, 4.69) is 23.3 Å². The minimum absolute atomic E-state index is 0.0737. The fourth-order valence-corrected chi connectivity index (χ4v) is 2.51. The fraction of sp³-hybridized carbons (Fsp3) is 0.158. The van der Waals surface area contributed by atoms with Crippen molar-refractivity contribution in [3.05, 3.63) is 66.0 Å². The highest BCUT2D eigenvalue weighted by Crippen LogP contribution is 2.31. The second-order valence-corrected chi connectivity index (χ2v) is 5.36. The van der Waals surface area contributed by atoms with E-state index in [0.717, 1.165) is 11.1 Å². The Morgan fingerprint density at radius 3 is 2.70 bits per heavy atom. The van der Waals surface area contributed by atoms with Crippen molar-refractivity contribution >= 4 is 16.7 Å². The van der Waals surface area contributed by atoms with E-state index in [1.54, 1.807) is 25.4 Å². The Bertz CT molecular complexity index is 859. The average Bonchev–Trinajstić information content (AvgIpc) is 2.58. The maximum Gasteiger partial charge on any atom is 0.225 e. The molecule has 0 bridgehead atoms. The molecule has 1 heterocycles. The number of likely N-dealkylation sites (N-methyl/N-ethyl adjacent to an activating group) is 1. The first-order chi connectivity index (χ1) is 11.2. The number of rotatable bonds is 4. The number of aryl methyl sites for hydroxylation is 1. The van der Waals surface area contributed by atoms with Gasteiger partial charge in [-0.3, -0.25) is 9.78 Å². The molecule has 0 saturated carbocycles. The number of pyridine rings is 1. The molecule has 2 aromatic carbocycles. The smallest absolute Gasteiger partial charge is 0.225 e. The van der Waals surface area contributed by atoms with Gasteiger partial charge in [-0.25, -0.2) is 0 Å². The van der Waals surface area contributed by atoms with Gasteiger partial charge < -0.3 is 10.1 Å². The molecule has 1 N–H and O–H groups in total. The predicted octanol–water partition coefficient (Wildman–Crippen LogP) is 3.62. The highest BCUT2D eigenvalue weighted by atomic mass is 16.5. The first kappa shape index (κ1) is 15.0. The molecule has 3 aromatic rings. The van der Waals surface area contributed by atoms with Crippen LogP contribution in [0.15, 0.2) is 54.7 Å². The molecular weight excluding hydrogens is 288 g/mol. The number of amides is 1. The van der Waals surface area contributed by atoms with Gasteiger partial charge in [0, 0.05) is 24.7 Å². The van der Waals surface area contributed by atoms with E-state index in [0.29, 0.717) is 11.4 Å². The predicted molar refractivity (Wildman–Crippen MR) is 90.8 cm³/mol.